The van der Waals surface area contributed by atoms with Gasteiger partial charge in [-0.1, -0.05) is 30.3 Å². The van der Waals surface area contributed by atoms with Crippen LogP contribution in [-0.2, 0) is 24.0 Å². The number of ether oxygens (including phenoxy) is 1. The van der Waals surface area contributed by atoms with E-state index in [1.807, 2.05) is 24.1 Å². The van der Waals surface area contributed by atoms with Crippen molar-refractivity contribution in [1.82, 2.24) is 14.7 Å². The lowest BCUT2D eigenvalue weighted by molar-refractivity contribution is -0.138. The Balaban J connectivity index is 1.28. The Kier molecular flexibility index (Phi) is 6.49. The minimum Gasteiger partial charge on any atom is -0.377 e. The van der Waals surface area contributed by atoms with Gasteiger partial charge in [-0.3, -0.25) is 9.58 Å². The van der Waals surface area contributed by atoms with Crippen LogP contribution in [0.2, 0.25) is 0 Å². The molecule has 6 rings (SSSR count). The Bertz CT molecular complexity index is 1360. The molecule has 39 heavy (non-hydrogen) atoms. The molecule has 0 N–H and O–H groups in total. The molecule has 7 nitrogen and oxygen atoms in total. The molecule has 0 bridgehead atoms. The average molecular weight is 544 g/mol. The van der Waals surface area contributed by atoms with Crippen LogP contribution in [0.4, 0.5) is 33.9 Å². The first-order valence-electron chi connectivity index (χ1n) is 13.1. The first kappa shape index (κ1) is 25.7. The van der Waals surface area contributed by atoms with Gasteiger partial charge in [-0.05, 0) is 43.0 Å². The van der Waals surface area contributed by atoms with Crippen molar-refractivity contribution in [1.29, 1.82) is 0 Å². The summed E-state index contributed by atoms with van der Waals surface area (Å²) in [5.74, 6) is 0.119. The van der Waals surface area contributed by atoms with Gasteiger partial charge < -0.3 is 14.5 Å². The van der Waals surface area contributed by atoms with Gasteiger partial charge in [0.25, 0.3) is 0 Å². The fraction of sp³-hybridized carbons (Fsp3) is 0.429. The number of fused-ring (bicyclic) bond motifs is 1. The number of aromatic nitrogens is 2. The fourth-order valence-corrected chi connectivity index (χ4v) is 5.78. The number of rotatable bonds is 5. The highest BCUT2D eigenvalue weighted by atomic mass is 19.4. The summed E-state index contributed by atoms with van der Waals surface area (Å²) in [6.07, 6.45) is -1.43. The lowest BCUT2D eigenvalue weighted by Gasteiger charge is -2.43. The van der Waals surface area contributed by atoms with E-state index in [-0.39, 0.29) is 36.0 Å². The van der Waals surface area contributed by atoms with Crippen molar-refractivity contribution in [3.05, 3.63) is 76.7 Å². The molecule has 3 aliphatic rings. The molecule has 11 heteroatoms. The van der Waals surface area contributed by atoms with Crippen LogP contribution in [0.25, 0.3) is 0 Å². The van der Waals surface area contributed by atoms with Crippen LogP contribution in [0.5, 0.6) is 0 Å². The van der Waals surface area contributed by atoms with Gasteiger partial charge in [0.15, 0.2) is 5.82 Å². The summed E-state index contributed by atoms with van der Waals surface area (Å²) < 4.78 is 63.0. The highest BCUT2D eigenvalue weighted by molar-refractivity contribution is 5.94. The second-order valence-electron chi connectivity index (χ2n) is 10.4. The summed E-state index contributed by atoms with van der Waals surface area (Å²) in [7, 11) is 0. The summed E-state index contributed by atoms with van der Waals surface area (Å²) in [6, 6.07) is 9.88. The number of nitrogens with zero attached hydrogens (tertiary/aromatic N) is 5. The van der Waals surface area contributed by atoms with Crippen molar-refractivity contribution in [2.75, 3.05) is 36.1 Å². The molecule has 0 radical (unpaired) electrons. The molecule has 4 heterocycles. The summed E-state index contributed by atoms with van der Waals surface area (Å²) in [5, 5.41) is 4.63. The van der Waals surface area contributed by atoms with E-state index in [1.54, 1.807) is 21.7 Å². The van der Waals surface area contributed by atoms with E-state index < -0.39 is 11.7 Å². The molecule has 206 valence electrons. The SMILES string of the molecule is Cc1cccc(F)c1N1CCC(N2Cc3cn(C4COC4)nc3N(Cc3ccccc3C(F)(F)F)C2=O)CC1. The third-order valence-electron chi connectivity index (χ3n) is 7.91. The maximum absolute atomic E-state index is 14.6. The van der Waals surface area contributed by atoms with E-state index in [9.17, 15) is 22.4 Å². The first-order valence-corrected chi connectivity index (χ1v) is 13.1. The number of hydrogen-bond donors (Lipinski definition) is 0. The van der Waals surface area contributed by atoms with Crippen LogP contribution in [0, 0.1) is 12.7 Å². The fourth-order valence-electron chi connectivity index (χ4n) is 5.78. The summed E-state index contributed by atoms with van der Waals surface area (Å²) in [5.41, 5.74) is 1.47. The molecule has 0 aliphatic carbocycles. The maximum Gasteiger partial charge on any atom is 0.416 e. The number of alkyl halides is 3. The second-order valence-corrected chi connectivity index (χ2v) is 10.4. The molecule has 2 aromatic carbocycles. The monoisotopic (exact) mass is 543 g/mol. The Morgan fingerprint density at radius 1 is 1.03 bits per heavy atom. The van der Waals surface area contributed by atoms with E-state index >= 15 is 0 Å². The van der Waals surface area contributed by atoms with E-state index in [2.05, 4.69) is 5.10 Å². The molecule has 3 aromatic rings. The number of benzene rings is 2. The normalized spacial score (nSPS) is 18.9. The van der Waals surface area contributed by atoms with Crippen LogP contribution >= 0.6 is 0 Å². The Morgan fingerprint density at radius 3 is 2.44 bits per heavy atom. The highest BCUT2D eigenvalue weighted by Gasteiger charge is 2.41. The van der Waals surface area contributed by atoms with Crippen molar-refractivity contribution in [2.45, 2.75) is 51.1 Å². The van der Waals surface area contributed by atoms with Crippen LogP contribution < -0.4 is 9.80 Å². The van der Waals surface area contributed by atoms with Gasteiger partial charge in [0.05, 0.1) is 43.6 Å². The third kappa shape index (κ3) is 4.73. The van der Waals surface area contributed by atoms with E-state index in [0.717, 1.165) is 17.2 Å². The lowest BCUT2D eigenvalue weighted by atomic mass is 10.00. The number of urea groups is 1. The van der Waals surface area contributed by atoms with Gasteiger partial charge >= 0.3 is 12.2 Å². The van der Waals surface area contributed by atoms with Gasteiger partial charge in [-0.25, -0.2) is 9.18 Å². The largest absolute Gasteiger partial charge is 0.416 e. The van der Waals surface area contributed by atoms with Crippen molar-refractivity contribution in [2.24, 2.45) is 0 Å². The molecule has 2 saturated heterocycles. The maximum atomic E-state index is 14.6. The van der Waals surface area contributed by atoms with Gasteiger partial charge in [0.2, 0.25) is 0 Å². The molecule has 0 saturated carbocycles. The van der Waals surface area contributed by atoms with Crippen molar-refractivity contribution < 1.29 is 27.1 Å². The molecular formula is C28H29F4N5O2. The molecule has 2 fully saturated rings. The topological polar surface area (TPSA) is 53.8 Å². The number of para-hydroxylation sites is 1. The van der Waals surface area contributed by atoms with E-state index in [1.165, 1.54) is 23.1 Å². The van der Waals surface area contributed by atoms with Crippen molar-refractivity contribution >= 4 is 17.5 Å². The smallest absolute Gasteiger partial charge is 0.377 e. The molecule has 2 amide bonds. The summed E-state index contributed by atoms with van der Waals surface area (Å²) in [4.78, 5) is 19.0. The summed E-state index contributed by atoms with van der Waals surface area (Å²) >= 11 is 0. The Hall–Kier alpha value is -3.60. The number of piperidine rings is 1. The van der Waals surface area contributed by atoms with E-state index in [4.69, 9.17) is 4.74 Å². The minimum atomic E-state index is -4.54. The van der Waals surface area contributed by atoms with Gasteiger partial charge in [-0.15, -0.1) is 0 Å². The van der Waals surface area contributed by atoms with Crippen LogP contribution in [-0.4, -0.2) is 53.1 Å². The van der Waals surface area contributed by atoms with Gasteiger partial charge in [0, 0.05) is 30.9 Å². The zero-order chi connectivity index (χ0) is 27.3. The predicted molar refractivity (Wildman–Crippen MR) is 137 cm³/mol. The molecule has 3 aliphatic heterocycles. The molecule has 0 atom stereocenters. The van der Waals surface area contributed by atoms with Crippen LogP contribution in [0.15, 0.2) is 48.7 Å². The number of carbonyl (C=O) groups excluding carboxylic acids is 1. The number of carbonyl (C=O) groups is 1. The first-order chi connectivity index (χ1) is 18.7. The minimum absolute atomic E-state index is 0.0116. The predicted octanol–water partition coefficient (Wildman–Crippen LogP) is 5.53. The zero-order valence-corrected chi connectivity index (χ0v) is 21.5. The van der Waals surface area contributed by atoms with Crippen molar-refractivity contribution in [3.8, 4) is 0 Å². The Labute approximate surface area is 223 Å². The van der Waals surface area contributed by atoms with Gasteiger partial charge in [-0.2, -0.15) is 18.3 Å². The number of amides is 2. The van der Waals surface area contributed by atoms with Crippen LogP contribution in [0.3, 0.4) is 0 Å². The average Bonchev–Trinajstić information content (AvgIpc) is 3.27. The summed E-state index contributed by atoms with van der Waals surface area (Å²) in [6.45, 7) is 4.09. The van der Waals surface area contributed by atoms with E-state index in [0.29, 0.717) is 57.2 Å². The van der Waals surface area contributed by atoms with Gasteiger partial charge in [0.1, 0.15) is 5.82 Å². The number of aryl methyl sites for hydroxylation is 1. The molecule has 0 unspecified atom stereocenters. The van der Waals surface area contributed by atoms with Crippen molar-refractivity contribution in [3.63, 3.8) is 0 Å². The quantitative estimate of drug-likeness (QED) is 0.397. The van der Waals surface area contributed by atoms with Crippen LogP contribution in [0.1, 0.15) is 41.1 Å². The standard InChI is InChI=1S/C28H29F4N5O2/c1-18-5-4-8-24(29)25(18)34-11-9-21(10-12-34)35-14-20-15-37(22-16-39-17-22)33-26(20)36(27(35)38)13-19-6-2-3-7-23(19)28(30,31)32/h2-8,15,21-22H,9-14,16-17H2,1H3. The number of halogens is 4. The number of hydrogen-bond acceptors (Lipinski definition) is 4. The Morgan fingerprint density at radius 2 is 1.77 bits per heavy atom. The molecular weight excluding hydrogens is 514 g/mol. The highest BCUT2D eigenvalue weighted by Crippen LogP contribution is 2.37. The lowest BCUT2D eigenvalue weighted by Crippen LogP contribution is -2.54. The zero-order valence-electron chi connectivity index (χ0n) is 21.5. The molecule has 0 spiro atoms. The second kappa shape index (κ2) is 9.86. The third-order valence-corrected chi connectivity index (χ3v) is 7.91. The number of anilines is 2. The molecule has 1 aromatic heterocycles.